The predicted octanol–water partition coefficient (Wildman–Crippen LogP) is 1.95. The summed E-state index contributed by atoms with van der Waals surface area (Å²) in [5.74, 6) is 0.873. The fourth-order valence-electron chi connectivity index (χ4n) is 2.61. The topological polar surface area (TPSA) is 54.2 Å². The number of nitrogens with one attached hydrogen (secondary N) is 1. The van der Waals surface area contributed by atoms with Crippen LogP contribution in [0.15, 0.2) is 18.3 Å². The van der Waals surface area contributed by atoms with Gasteiger partial charge in [-0.2, -0.15) is 0 Å². The van der Waals surface area contributed by atoms with E-state index in [1.807, 2.05) is 12.1 Å². The fraction of sp³-hybridized carbons (Fsp3) is 0.615. The van der Waals surface area contributed by atoms with Crippen molar-refractivity contribution in [2.75, 3.05) is 31.7 Å². The normalized spacial score (nSPS) is 18.5. The first-order chi connectivity index (χ1) is 8.12. The molecular weight excluding hydrogens is 212 g/mol. The molecule has 0 unspecified atom stereocenters. The second-order valence-electron chi connectivity index (χ2n) is 5.15. The number of likely N-dealkylation sites (N-methyl/N-ethyl adjacent to an activating group) is 1. The van der Waals surface area contributed by atoms with Crippen molar-refractivity contribution in [2.24, 2.45) is 0 Å². The van der Waals surface area contributed by atoms with Crippen molar-refractivity contribution in [1.29, 1.82) is 0 Å². The monoisotopic (exact) mass is 234 g/mol. The minimum absolute atomic E-state index is 0.284. The highest BCUT2D eigenvalue weighted by Gasteiger charge is 2.35. The molecule has 0 radical (unpaired) electrons. The summed E-state index contributed by atoms with van der Waals surface area (Å²) in [6.45, 7) is 0.941. The van der Waals surface area contributed by atoms with E-state index in [9.17, 15) is 0 Å². The van der Waals surface area contributed by atoms with E-state index in [-0.39, 0.29) is 5.54 Å². The average molecular weight is 234 g/mol. The summed E-state index contributed by atoms with van der Waals surface area (Å²) in [4.78, 5) is 6.63. The highest BCUT2D eigenvalue weighted by molar-refractivity contribution is 5.48. The van der Waals surface area contributed by atoms with Gasteiger partial charge in [0.15, 0.2) is 0 Å². The van der Waals surface area contributed by atoms with Gasteiger partial charge in [-0.25, -0.2) is 4.98 Å². The third-order valence-electron chi connectivity index (χ3n) is 3.87. The second kappa shape index (κ2) is 4.92. The van der Waals surface area contributed by atoms with Crippen molar-refractivity contribution in [3.8, 4) is 0 Å². The Morgan fingerprint density at radius 3 is 2.71 bits per heavy atom. The lowest BCUT2D eigenvalue weighted by Crippen LogP contribution is -2.47. The van der Waals surface area contributed by atoms with E-state index < -0.39 is 0 Å². The summed E-state index contributed by atoms with van der Waals surface area (Å²) in [5, 5.41) is 3.42. The lowest BCUT2D eigenvalue weighted by Gasteiger charge is -2.36. The molecule has 1 aliphatic rings. The first-order valence-electron chi connectivity index (χ1n) is 6.25. The first-order valence-corrected chi connectivity index (χ1v) is 6.25. The Kier molecular flexibility index (Phi) is 3.52. The third kappa shape index (κ3) is 2.69. The van der Waals surface area contributed by atoms with Crippen LogP contribution in [0.4, 0.5) is 11.5 Å². The van der Waals surface area contributed by atoms with E-state index >= 15 is 0 Å². The van der Waals surface area contributed by atoms with Crippen molar-refractivity contribution < 1.29 is 0 Å². The van der Waals surface area contributed by atoms with Crippen LogP contribution in [0.2, 0.25) is 0 Å². The number of aromatic nitrogens is 1. The zero-order chi connectivity index (χ0) is 12.3. The zero-order valence-corrected chi connectivity index (χ0v) is 10.7. The van der Waals surface area contributed by atoms with Crippen LogP contribution in [-0.4, -0.2) is 36.1 Å². The SMILES string of the molecule is CN(C)C1(CNc2cc(N)ccn2)CCCC1. The molecule has 17 heavy (non-hydrogen) atoms. The molecule has 1 saturated carbocycles. The van der Waals surface area contributed by atoms with Crippen molar-refractivity contribution in [3.63, 3.8) is 0 Å². The third-order valence-corrected chi connectivity index (χ3v) is 3.87. The maximum atomic E-state index is 5.74. The van der Waals surface area contributed by atoms with Gasteiger partial charge in [-0.15, -0.1) is 0 Å². The van der Waals surface area contributed by atoms with Crippen LogP contribution in [0.1, 0.15) is 25.7 Å². The average Bonchev–Trinajstić information content (AvgIpc) is 2.76. The quantitative estimate of drug-likeness (QED) is 0.836. The number of pyridine rings is 1. The molecule has 0 amide bonds. The van der Waals surface area contributed by atoms with Gasteiger partial charge >= 0.3 is 0 Å². The number of nitrogens with zero attached hydrogens (tertiary/aromatic N) is 2. The van der Waals surface area contributed by atoms with Crippen molar-refractivity contribution in [1.82, 2.24) is 9.88 Å². The molecule has 0 bridgehead atoms. The summed E-state index contributed by atoms with van der Waals surface area (Å²) in [6, 6.07) is 3.70. The standard InChI is InChI=1S/C13H22N4/c1-17(2)13(6-3-4-7-13)10-16-12-9-11(14)5-8-15-12/h5,8-9H,3-4,6-7,10H2,1-2H3,(H3,14,15,16). The van der Waals surface area contributed by atoms with Gasteiger partial charge in [0.25, 0.3) is 0 Å². The Morgan fingerprint density at radius 1 is 1.41 bits per heavy atom. The van der Waals surface area contributed by atoms with Gasteiger partial charge in [0.1, 0.15) is 5.82 Å². The van der Waals surface area contributed by atoms with Crippen LogP contribution >= 0.6 is 0 Å². The summed E-state index contributed by atoms with van der Waals surface area (Å²) < 4.78 is 0. The molecule has 4 nitrogen and oxygen atoms in total. The molecule has 0 spiro atoms. The molecule has 1 aromatic heterocycles. The summed E-state index contributed by atoms with van der Waals surface area (Å²) in [7, 11) is 4.33. The summed E-state index contributed by atoms with van der Waals surface area (Å²) >= 11 is 0. The number of nitrogen functional groups attached to an aromatic ring is 1. The van der Waals surface area contributed by atoms with Gasteiger partial charge in [-0.3, -0.25) is 0 Å². The Balaban J connectivity index is 2.01. The Labute approximate surface area is 103 Å². The molecule has 0 saturated heterocycles. The highest BCUT2D eigenvalue weighted by Crippen LogP contribution is 2.33. The Bertz CT molecular complexity index is 369. The van der Waals surface area contributed by atoms with Crippen molar-refractivity contribution in [3.05, 3.63) is 18.3 Å². The maximum absolute atomic E-state index is 5.74. The number of hydrogen-bond donors (Lipinski definition) is 2. The molecule has 1 aliphatic carbocycles. The molecule has 1 fully saturated rings. The first kappa shape index (κ1) is 12.2. The smallest absolute Gasteiger partial charge is 0.128 e. The minimum atomic E-state index is 0.284. The summed E-state index contributed by atoms with van der Waals surface area (Å²) in [6.07, 6.45) is 6.91. The van der Waals surface area contributed by atoms with E-state index in [4.69, 9.17) is 5.73 Å². The number of hydrogen-bond acceptors (Lipinski definition) is 4. The molecule has 3 N–H and O–H groups in total. The molecule has 2 rings (SSSR count). The summed E-state index contributed by atoms with van der Waals surface area (Å²) in [5.41, 5.74) is 6.79. The Morgan fingerprint density at radius 2 is 2.12 bits per heavy atom. The van der Waals surface area contributed by atoms with E-state index in [2.05, 4.69) is 29.3 Å². The molecule has 4 heteroatoms. The van der Waals surface area contributed by atoms with E-state index in [1.54, 1.807) is 6.20 Å². The van der Waals surface area contributed by atoms with E-state index in [1.165, 1.54) is 25.7 Å². The van der Waals surface area contributed by atoms with Gasteiger partial charge in [0.05, 0.1) is 0 Å². The molecule has 1 heterocycles. The predicted molar refractivity (Wildman–Crippen MR) is 72.0 cm³/mol. The maximum Gasteiger partial charge on any atom is 0.128 e. The molecule has 94 valence electrons. The van der Waals surface area contributed by atoms with Crippen LogP contribution in [0.3, 0.4) is 0 Å². The number of rotatable bonds is 4. The van der Waals surface area contributed by atoms with Crippen LogP contribution in [0.25, 0.3) is 0 Å². The fourth-order valence-corrected chi connectivity index (χ4v) is 2.61. The Hall–Kier alpha value is -1.29. The largest absolute Gasteiger partial charge is 0.399 e. The van der Waals surface area contributed by atoms with Crippen LogP contribution < -0.4 is 11.1 Å². The van der Waals surface area contributed by atoms with Gasteiger partial charge in [-0.05, 0) is 33.0 Å². The molecule has 0 aromatic carbocycles. The molecule has 0 atom stereocenters. The van der Waals surface area contributed by atoms with Gasteiger partial charge in [-0.1, -0.05) is 12.8 Å². The lowest BCUT2D eigenvalue weighted by atomic mass is 9.96. The van der Waals surface area contributed by atoms with Gasteiger partial charge in [0.2, 0.25) is 0 Å². The van der Waals surface area contributed by atoms with Crippen LogP contribution in [-0.2, 0) is 0 Å². The van der Waals surface area contributed by atoms with Crippen LogP contribution in [0.5, 0.6) is 0 Å². The molecule has 0 aliphatic heterocycles. The van der Waals surface area contributed by atoms with Crippen molar-refractivity contribution >= 4 is 11.5 Å². The number of anilines is 2. The van der Waals surface area contributed by atoms with Crippen molar-refractivity contribution in [2.45, 2.75) is 31.2 Å². The van der Waals surface area contributed by atoms with Gasteiger partial charge in [0, 0.05) is 30.0 Å². The molecule has 1 aromatic rings. The highest BCUT2D eigenvalue weighted by atomic mass is 15.2. The van der Waals surface area contributed by atoms with E-state index in [0.717, 1.165) is 18.1 Å². The molecular formula is C13H22N4. The minimum Gasteiger partial charge on any atom is -0.399 e. The van der Waals surface area contributed by atoms with Crippen LogP contribution in [0, 0.1) is 0 Å². The van der Waals surface area contributed by atoms with E-state index in [0.29, 0.717) is 0 Å². The lowest BCUT2D eigenvalue weighted by molar-refractivity contribution is 0.172. The number of nitrogens with two attached hydrogens (primary N) is 1. The zero-order valence-electron chi connectivity index (χ0n) is 10.7. The van der Waals surface area contributed by atoms with Gasteiger partial charge < -0.3 is 16.0 Å². The second-order valence-corrected chi connectivity index (χ2v) is 5.15.